The number of hydrogen-bond donors (Lipinski definition) is 0. The maximum Gasteiger partial charge on any atom is 0.289 e. The summed E-state index contributed by atoms with van der Waals surface area (Å²) in [6, 6.07) is 1.34. The number of methoxy groups -OCH3 is 1. The molecule has 0 radical (unpaired) electrons. The van der Waals surface area contributed by atoms with E-state index in [9.17, 15) is 10.1 Å². The molecule has 1 aliphatic heterocycles. The minimum Gasteiger partial charge on any atom is -0.382 e. The van der Waals surface area contributed by atoms with Crippen molar-refractivity contribution >= 4 is 23.1 Å². The van der Waals surface area contributed by atoms with Gasteiger partial charge in [-0.25, -0.2) is 4.98 Å². The van der Waals surface area contributed by atoms with Crippen LogP contribution in [0.1, 0.15) is 12.8 Å². The molecule has 0 aromatic carbocycles. The SMILES string of the molecule is COCCOC1CCN(c2ncc([N+](=O)[O-])cc2Cl)CC1. The van der Waals surface area contributed by atoms with Crippen LogP contribution < -0.4 is 4.90 Å². The molecule has 7 nitrogen and oxygen atoms in total. The van der Waals surface area contributed by atoms with Gasteiger partial charge in [0.05, 0.1) is 29.3 Å². The molecule has 0 saturated carbocycles. The molecular weight excluding hydrogens is 298 g/mol. The lowest BCUT2D eigenvalue weighted by Gasteiger charge is -2.33. The fourth-order valence-corrected chi connectivity index (χ4v) is 2.57. The zero-order chi connectivity index (χ0) is 15.2. The highest BCUT2D eigenvalue weighted by atomic mass is 35.5. The van der Waals surface area contributed by atoms with E-state index >= 15 is 0 Å². The highest BCUT2D eigenvalue weighted by Crippen LogP contribution is 2.29. The zero-order valence-corrected chi connectivity index (χ0v) is 12.6. The molecule has 8 heteroatoms. The molecule has 1 saturated heterocycles. The Morgan fingerprint density at radius 1 is 1.48 bits per heavy atom. The van der Waals surface area contributed by atoms with Gasteiger partial charge in [-0.3, -0.25) is 10.1 Å². The lowest BCUT2D eigenvalue weighted by atomic mass is 10.1. The predicted molar refractivity (Wildman–Crippen MR) is 79.0 cm³/mol. The number of nitrogens with zero attached hydrogens (tertiary/aromatic N) is 3. The Hall–Kier alpha value is -1.44. The Morgan fingerprint density at radius 3 is 2.76 bits per heavy atom. The van der Waals surface area contributed by atoms with E-state index < -0.39 is 4.92 Å². The van der Waals surface area contributed by atoms with Crippen molar-refractivity contribution in [2.75, 3.05) is 38.3 Å². The van der Waals surface area contributed by atoms with Crippen molar-refractivity contribution in [2.24, 2.45) is 0 Å². The standard InChI is InChI=1S/C13H18ClN3O4/c1-20-6-7-21-11-2-4-16(5-3-11)13-12(14)8-10(9-15-13)17(18)19/h8-9,11H,2-7H2,1H3. The molecule has 0 amide bonds. The molecule has 1 aromatic heterocycles. The summed E-state index contributed by atoms with van der Waals surface area (Å²) in [5.41, 5.74) is -0.0958. The molecule has 21 heavy (non-hydrogen) atoms. The number of nitro groups is 1. The first-order valence-electron chi connectivity index (χ1n) is 6.77. The summed E-state index contributed by atoms with van der Waals surface area (Å²) in [7, 11) is 1.65. The number of ether oxygens (including phenoxy) is 2. The van der Waals surface area contributed by atoms with Gasteiger partial charge in [0.25, 0.3) is 5.69 Å². The summed E-state index contributed by atoms with van der Waals surface area (Å²) in [5.74, 6) is 0.595. The van der Waals surface area contributed by atoms with E-state index in [-0.39, 0.29) is 11.8 Å². The molecule has 1 fully saturated rings. The van der Waals surface area contributed by atoms with Crippen LogP contribution in [0.3, 0.4) is 0 Å². The van der Waals surface area contributed by atoms with Gasteiger partial charge in [0.2, 0.25) is 0 Å². The van der Waals surface area contributed by atoms with Gasteiger partial charge in [-0.05, 0) is 12.8 Å². The normalized spacial score (nSPS) is 16.2. The van der Waals surface area contributed by atoms with E-state index in [0.717, 1.165) is 25.9 Å². The fourth-order valence-electron chi connectivity index (χ4n) is 2.29. The van der Waals surface area contributed by atoms with Gasteiger partial charge in [-0.2, -0.15) is 0 Å². The molecule has 2 rings (SSSR count). The van der Waals surface area contributed by atoms with Crippen LogP contribution in [0.2, 0.25) is 5.02 Å². The van der Waals surface area contributed by atoms with E-state index in [1.54, 1.807) is 7.11 Å². The van der Waals surface area contributed by atoms with E-state index in [1.807, 2.05) is 4.90 Å². The van der Waals surface area contributed by atoms with Gasteiger partial charge in [0.15, 0.2) is 0 Å². The molecule has 0 N–H and O–H groups in total. The quantitative estimate of drug-likeness (QED) is 0.455. The molecule has 0 spiro atoms. The first kappa shape index (κ1) is 15.9. The summed E-state index contributed by atoms with van der Waals surface area (Å²) in [4.78, 5) is 16.3. The minimum absolute atomic E-state index is 0.0958. The monoisotopic (exact) mass is 315 g/mol. The molecule has 1 aromatic rings. The number of piperidine rings is 1. The van der Waals surface area contributed by atoms with Gasteiger partial charge in [-0.15, -0.1) is 0 Å². The van der Waals surface area contributed by atoms with Gasteiger partial charge < -0.3 is 14.4 Å². The maximum atomic E-state index is 10.7. The lowest BCUT2D eigenvalue weighted by molar-refractivity contribution is -0.385. The number of rotatable bonds is 6. The minimum atomic E-state index is -0.501. The summed E-state index contributed by atoms with van der Waals surface area (Å²) in [5, 5.41) is 11.0. The zero-order valence-electron chi connectivity index (χ0n) is 11.8. The molecule has 0 atom stereocenters. The third-order valence-electron chi connectivity index (χ3n) is 3.40. The van der Waals surface area contributed by atoms with Crippen molar-refractivity contribution in [1.29, 1.82) is 0 Å². The third-order valence-corrected chi connectivity index (χ3v) is 3.68. The molecule has 0 aliphatic carbocycles. The van der Waals surface area contributed by atoms with Crippen molar-refractivity contribution in [1.82, 2.24) is 4.98 Å². The summed E-state index contributed by atoms with van der Waals surface area (Å²) in [6.07, 6.45) is 3.20. The Balaban J connectivity index is 1.91. The number of halogens is 1. The average Bonchev–Trinajstić information content (AvgIpc) is 2.48. The van der Waals surface area contributed by atoms with Crippen LogP contribution >= 0.6 is 11.6 Å². The van der Waals surface area contributed by atoms with Crippen LogP contribution in [0.4, 0.5) is 11.5 Å². The molecule has 2 heterocycles. The van der Waals surface area contributed by atoms with Gasteiger partial charge in [-0.1, -0.05) is 11.6 Å². The average molecular weight is 316 g/mol. The van der Waals surface area contributed by atoms with Crippen LogP contribution in [0.25, 0.3) is 0 Å². The van der Waals surface area contributed by atoms with Crippen molar-refractivity contribution in [2.45, 2.75) is 18.9 Å². The molecule has 116 valence electrons. The van der Waals surface area contributed by atoms with E-state index in [0.29, 0.717) is 24.1 Å². The largest absolute Gasteiger partial charge is 0.382 e. The number of anilines is 1. The van der Waals surface area contributed by atoms with E-state index in [2.05, 4.69) is 4.98 Å². The Morgan fingerprint density at radius 2 is 2.19 bits per heavy atom. The molecule has 0 bridgehead atoms. The molecule has 0 unspecified atom stereocenters. The van der Waals surface area contributed by atoms with Gasteiger partial charge in [0.1, 0.15) is 12.0 Å². The first-order valence-corrected chi connectivity index (χ1v) is 7.15. The highest BCUT2D eigenvalue weighted by molar-refractivity contribution is 6.33. The Kier molecular flexibility index (Phi) is 5.72. The van der Waals surface area contributed by atoms with E-state index in [4.69, 9.17) is 21.1 Å². The molecular formula is C13H18ClN3O4. The summed E-state index contributed by atoms with van der Waals surface area (Å²) in [6.45, 7) is 2.72. The smallest absolute Gasteiger partial charge is 0.289 e. The van der Waals surface area contributed by atoms with E-state index in [1.165, 1.54) is 12.3 Å². The summed E-state index contributed by atoms with van der Waals surface area (Å²) >= 11 is 6.09. The second kappa shape index (κ2) is 7.53. The maximum absolute atomic E-state index is 10.7. The summed E-state index contributed by atoms with van der Waals surface area (Å²) < 4.78 is 10.6. The van der Waals surface area contributed by atoms with Gasteiger partial charge >= 0.3 is 0 Å². The Labute approximate surface area is 128 Å². The second-order valence-electron chi connectivity index (χ2n) is 4.81. The third kappa shape index (κ3) is 4.26. The van der Waals surface area contributed by atoms with Crippen LogP contribution in [-0.2, 0) is 9.47 Å². The van der Waals surface area contributed by atoms with Crippen LogP contribution in [-0.4, -0.2) is 49.4 Å². The molecule has 1 aliphatic rings. The van der Waals surface area contributed by atoms with Crippen molar-refractivity contribution in [3.63, 3.8) is 0 Å². The predicted octanol–water partition coefficient (Wildman–Crippen LogP) is 2.28. The lowest BCUT2D eigenvalue weighted by Crippen LogP contribution is -2.38. The van der Waals surface area contributed by atoms with Crippen molar-refractivity contribution in [3.05, 3.63) is 27.4 Å². The number of aromatic nitrogens is 1. The van der Waals surface area contributed by atoms with Crippen LogP contribution in [0, 0.1) is 10.1 Å². The van der Waals surface area contributed by atoms with Crippen molar-refractivity contribution < 1.29 is 14.4 Å². The number of hydrogen-bond acceptors (Lipinski definition) is 6. The number of pyridine rings is 1. The fraction of sp³-hybridized carbons (Fsp3) is 0.615. The second-order valence-corrected chi connectivity index (χ2v) is 5.21. The van der Waals surface area contributed by atoms with Crippen molar-refractivity contribution in [3.8, 4) is 0 Å². The highest BCUT2D eigenvalue weighted by Gasteiger charge is 2.23. The van der Waals surface area contributed by atoms with Crippen LogP contribution in [0.15, 0.2) is 12.3 Å². The van der Waals surface area contributed by atoms with Crippen LogP contribution in [0.5, 0.6) is 0 Å². The Bertz CT molecular complexity index is 492. The van der Waals surface area contributed by atoms with Gasteiger partial charge in [0, 0.05) is 26.3 Å². The topological polar surface area (TPSA) is 77.7 Å². The first-order chi connectivity index (χ1) is 10.1.